The molecule has 2 aliphatic rings. The van der Waals surface area contributed by atoms with Crippen molar-refractivity contribution in [3.63, 3.8) is 0 Å². The highest BCUT2D eigenvalue weighted by atomic mass is 14.9. The summed E-state index contributed by atoms with van der Waals surface area (Å²) in [5.74, 6) is 1.88. The predicted octanol–water partition coefficient (Wildman–Crippen LogP) is 2.90. The molecule has 1 unspecified atom stereocenters. The van der Waals surface area contributed by atoms with Gasteiger partial charge in [-0.05, 0) is 30.2 Å². The van der Waals surface area contributed by atoms with E-state index in [2.05, 4.69) is 29.3 Å². The number of fused-ring (bicyclic) bond motifs is 1. The number of hydrogen-bond acceptors (Lipinski definition) is 1. The van der Waals surface area contributed by atoms with Crippen molar-refractivity contribution in [1.29, 1.82) is 0 Å². The summed E-state index contributed by atoms with van der Waals surface area (Å²) in [5, 5.41) is 0. The van der Waals surface area contributed by atoms with Crippen LogP contribution in [0.2, 0.25) is 0 Å². The van der Waals surface area contributed by atoms with Crippen LogP contribution < -0.4 is 0 Å². The maximum absolute atomic E-state index is 4.67. The molecule has 0 N–H and O–H groups in total. The first-order chi connectivity index (χ1) is 6.95. The minimum Gasteiger partial charge on any atom is -0.289 e. The third-order valence-electron chi connectivity index (χ3n) is 3.56. The van der Waals surface area contributed by atoms with Crippen molar-refractivity contribution in [1.82, 2.24) is 0 Å². The van der Waals surface area contributed by atoms with Gasteiger partial charge >= 0.3 is 0 Å². The molecule has 0 aliphatic heterocycles. The number of benzene rings is 1. The molecule has 2 saturated carbocycles. The van der Waals surface area contributed by atoms with E-state index in [4.69, 9.17) is 0 Å². The van der Waals surface area contributed by atoms with Gasteiger partial charge in [-0.15, -0.1) is 0 Å². The SMILES string of the molecule is C(=NC1[C@H]2CCC[C@@H]12)c1ccccc1. The maximum atomic E-state index is 4.67. The van der Waals surface area contributed by atoms with Gasteiger partial charge in [-0.1, -0.05) is 36.8 Å². The molecule has 0 radical (unpaired) electrons. The molecule has 2 aliphatic carbocycles. The monoisotopic (exact) mass is 185 g/mol. The third kappa shape index (κ3) is 1.37. The van der Waals surface area contributed by atoms with Crippen LogP contribution in [0.3, 0.4) is 0 Å². The van der Waals surface area contributed by atoms with Crippen molar-refractivity contribution < 1.29 is 0 Å². The van der Waals surface area contributed by atoms with Gasteiger partial charge in [0.25, 0.3) is 0 Å². The molecule has 72 valence electrons. The van der Waals surface area contributed by atoms with E-state index in [1.165, 1.54) is 24.8 Å². The lowest BCUT2D eigenvalue weighted by molar-refractivity contribution is 0.677. The fourth-order valence-electron chi connectivity index (χ4n) is 2.72. The lowest BCUT2D eigenvalue weighted by Gasteiger charge is -1.95. The lowest BCUT2D eigenvalue weighted by Crippen LogP contribution is -1.90. The van der Waals surface area contributed by atoms with Crippen LogP contribution in [0.25, 0.3) is 0 Å². The van der Waals surface area contributed by atoms with E-state index >= 15 is 0 Å². The average Bonchev–Trinajstić information content (AvgIpc) is 2.69. The summed E-state index contributed by atoms with van der Waals surface area (Å²) in [6, 6.07) is 11.1. The Labute approximate surface area is 84.9 Å². The summed E-state index contributed by atoms with van der Waals surface area (Å²) in [4.78, 5) is 4.67. The molecule has 0 amide bonds. The molecule has 3 rings (SSSR count). The zero-order valence-corrected chi connectivity index (χ0v) is 8.26. The normalized spacial score (nSPS) is 34.7. The molecule has 1 heteroatoms. The molecule has 1 aromatic carbocycles. The fourth-order valence-corrected chi connectivity index (χ4v) is 2.72. The second kappa shape index (κ2) is 3.23. The van der Waals surface area contributed by atoms with Crippen LogP contribution in [0.5, 0.6) is 0 Å². The van der Waals surface area contributed by atoms with Crippen LogP contribution in [0.1, 0.15) is 24.8 Å². The maximum Gasteiger partial charge on any atom is 0.0562 e. The zero-order valence-electron chi connectivity index (χ0n) is 8.26. The van der Waals surface area contributed by atoms with E-state index in [-0.39, 0.29) is 0 Å². The van der Waals surface area contributed by atoms with Crippen LogP contribution in [-0.4, -0.2) is 12.3 Å². The number of hydrogen-bond donors (Lipinski definition) is 0. The standard InChI is InChI=1S/C13H15N/c1-2-5-10(6-3-1)9-14-13-11-7-4-8-12(11)13/h1-3,5-6,9,11-13H,4,7-8H2/t11-,12+,13?. The van der Waals surface area contributed by atoms with Crippen molar-refractivity contribution in [2.24, 2.45) is 16.8 Å². The van der Waals surface area contributed by atoms with E-state index in [0.717, 1.165) is 11.8 Å². The van der Waals surface area contributed by atoms with Gasteiger partial charge in [0.05, 0.1) is 6.04 Å². The third-order valence-corrected chi connectivity index (χ3v) is 3.56. The molecule has 0 bridgehead atoms. The minimum atomic E-state index is 0.670. The molecule has 1 nitrogen and oxygen atoms in total. The van der Waals surface area contributed by atoms with E-state index < -0.39 is 0 Å². The summed E-state index contributed by atoms with van der Waals surface area (Å²) in [6.45, 7) is 0. The van der Waals surface area contributed by atoms with Crippen molar-refractivity contribution in [3.05, 3.63) is 35.9 Å². The molecule has 0 aromatic heterocycles. The van der Waals surface area contributed by atoms with Crippen LogP contribution in [-0.2, 0) is 0 Å². The van der Waals surface area contributed by atoms with E-state index in [0.29, 0.717) is 6.04 Å². The quantitative estimate of drug-likeness (QED) is 0.628. The summed E-state index contributed by atoms with van der Waals surface area (Å²) < 4.78 is 0. The number of rotatable bonds is 2. The Hall–Kier alpha value is -1.11. The summed E-state index contributed by atoms with van der Waals surface area (Å²) in [7, 11) is 0. The average molecular weight is 185 g/mol. The molecule has 0 heterocycles. The van der Waals surface area contributed by atoms with Crippen LogP contribution in [0.4, 0.5) is 0 Å². The highest BCUT2D eigenvalue weighted by molar-refractivity contribution is 5.79. The Bertz CT molecular complexity index is 332. The number of aliphatic imine (C=N–C) groups is 1. The first kappa shape index (κ1) is 8.22. The summed E-state index contributed by atoms with van der Waals surface area (Å²) >= 11 is 0. The lowest BCUT2D eigenvalue weighted by atomic mass is 10.2. The largest absolute Gasteiger partial charge is 0.289 e. The molecule has 0 spiro atoms. The van der Waals surface area contributed by atoms with Crippen molar-refractivity contribution in [2.45, 2.75) is 25.3 Å². The second-order valence-corrected chi connectivity index (χ2v) is 4.44. The Morgan fingerprint density at radius 3 is 2.50 bits per heavy atom. The highest BCUT2D eigenvalue weighted by Crippen LogP contribution is 2.53. The molecule has 0 saturated heterocycles. The van der Waals surface area contributed by atoms with Crippen LogP contribution in [0, 0.1) is 11.8 Å². The van der Waals surface area contributed by atoms with Gasteiger partial charge in [0, 0.05) is 6.21 Å². The van der Waals surface area contributed by atoms with E-state index in [1.807, 2.05) is 12.3 Å². The first-order valence-electron chi connectivity index (χ1n) is 5.53. The predicted molar refractivity (Wildman–Crippen MR) is 58.7 cm³/mol. The Morgan fingerprint density at radius 2 is 1.79 bits per heavy atom. The summed E-state index contributed by atoms with van der Waals surface area (Å²) in [6.07, 6.45) is 6.32. The van der Waals surface area contributed by atoms with Crippen molar-refractivity contribution in [2.75, 3.05) is 0 Å². The van der Waals surface area contributed by atoms with Gasteiger partial charge in [-0.25, -0.2) is 0 Å². The van der Waals surface area contributed by atoms with Gasteiger partial charge in [-0.3, -0.25) is 4.99 Å². The molecule has 3 atom stereocenters. The highest BCUT2D eigenvalue weighted by Gasteiger charge is 2.52. The second-order valence-electron chi connectivity index (χ2n) is 4.44. The first-order valence-corrected chi connectivity index (χ1v) is 5.53. The Balaban J connectivity index is 1.66. The van der Waals surface area contributed by atoms with Gasteiger partial charge in [0.2, 0.25) is 0 Å². The summed E-state index contributed by atoms with van der Waals surface area (Å²) in [5.41, 5.74) is 1.23. The molecule has 1 aromatic rings. The van der Waals surface area contributed by atoms with Crippen LogP contribution >= 0.6 is 0 Å². The number of nitrogens with zero attached hydrogens (tertiary/aromatic N) is 1. The van der Waals surface area contributed by atoms with Gasteiger partial charge in [-0.2, -0.15) is 0 Å². The van der Waals surface area contributed by atoms with Gasteiger partial charge in [0.1, 0.15) is 0 Å². The van der Waals surface area contributed by atoms with Gasteiger partial charge in [0.15, 0.2) is 0 Å². The van der Waals surface area contributed by atoms with Crippen LogP contribution in [0.15, 0.2) is 35.3 Å². The Kier molecular flexibility index (Phi) is 1.90. The molecular weight excluding hydrogens is 170 g/mol. The minimum absolute atomic E-state index is 0.670. The van der Waals surface area contributed by atoms with Gasteiger partial charge < -0.3 is 0 Å². The molecule has 2 fully saturated rings. The van der Waals surface area contributed by atoms with Crippen molar-refractivity contribution in [3.8, 4) is 0 Å². The van der Waals surface area contributed by atoms with Crippen molar-refractivity contribution >= 4 is 6.21 Å². The Morgan fingerprint density at radius 1 is 1.07 bits per heavy atom. The molecular formula is C13H15N. The topological polar surface area (TPSA) is 12.4 Å². The molecule has 14 heavy (non-hydrogen) atoms. The van der Waals surface area contributed by atoms with E-state index in [1.54, 1.807) is 0 Å². The smallest absolute Gasteiger partial charge is 0.0562 e. The zero-order chi connectivity index (χ0) is 9.38. The van der Waals surface area contributed by atoms with E-state index in [9.17, 15) is 0 Å². The fraction of sp³-hybridized carbons (Fsp3) is 0.462.